The van der Waals surface area contributed by atoms with E-state index in [1.54, 1.807) is 0 Å². The number of rotatable bonds is 7. The zero-order chi connectivity index (χ0) is 24.2. The number of carbonyl (C=O) groups excluding carboxylic acids is 2. The molecular weight excluding hydrogens is 452 g/mol. The Hall–Kier alpha value is -3.00. The summed E-state index contributed by atoms with van der Waals surface area (Å²) in [7, 11) is 0. The number of ether oxygens (including phenoxy) is 1. The molecule has 1 fully saturated rings. The Labute approximate surface area is 203 Å². The first-order valence-corrected chi connectivity index (χ1v) is 12.8. The van der Waals surface area contributed by atoms with Gasteiger partial charge in [-0.3, -0.25) is 4.79 Å². The lowest BCUT2D eigenvalue weighted by Crippen LogP contribution is -2.58. The van der Waals surface area contributed by atoms with Gasteiger partial charge in [0.25, 0.3) is 0 Å². The summed E-state index contributed by atoms with van der Waals surface area (Å²) in [6, 6.07) is 14.5. The molecule has 1 aliphatic heterocycles. The summed E-state index contributed by atoms with van der Waals surface area (Å²) in [4.78, 5) is 39.2. The molecule has 1 heterocycles. The zero-order valence-electron chi connectivity index (χ0n) is 19.4. The standard InChI is InChI=1S/C26H30N2O5S/c1-3-16(2)23(24(29)28-12-13-34-15-22(28)25(30)31)27-26(32)33-14-21-19-10-6-4-8-17(19)18-9-5-7-11-20(18)21/h4-11,16,21-23H,3,12-15H2,1-2H3,(H,27,32)(H,30,31)/t16-,22?,23-/m0/s1. The summed E-state index contributed by atoms with van der Waals surface area (Å²) in [6.07, 6.45) is -0.0146. The minimum absolute atomic E-state index is 0.0774. The molecule has 2 aromatic rings. The molecule has 0 bridgehead atoms. The summed E-state index contributed by atoms with van der Waals surface area (Å²) >= 11 is 1.52. The molecule has 0 aromatic heterocycles. The Morgan fingerprint density at radius 2 is 1.74 bits per heavy atom. The number of nitrogens with zero attached hydrogens (tertiary/aromatic N) is 1. The van der Waals surface area contributed by atoms with Crippen molar-refractivity contribution in [1.29, 1.82) is 0 Å². The third-order valence-electron chi connectivity index (χ3n) is 6.79. The van der Waals surface area contributed by atoms with Crippen molar-refractivity contribution in [2.45, 2.75) is 38.3 Å². The summed E-state index contributed by atoms with van der Waals surface area (Å²) < 4.78 is 5.64. The van der Waals surface area contributed by atoms with Crippen LogP contribution in [0.3, 0.4) is 0 Å². The maximum absolute atomic E-state index is 13.3. The minimum Gasteiger partial charge on any atom is -0.480 e. The number of amides is 2. The molecule has 0 spiro atoms. The molecule has 1 unspecified atom stereocenters. The zero-order valence-corrected chi connectivity index (χ0v) is 20.2. The fourth-order valence-electron chi connectivity index (χ4n) is 4.70. The number of carboxylic acids is 1. The monoisotopic (exact) mass is 482 g/mol. The molecule has 8 heteroatoms. The Bertz CT molecular complexity index is 1030. The van der Waals surface area contributed by atoms with E-state index >= 15 is 0 Å². The van der Waals surface area contributed by atoms with E-state index in [2.05, 4.69) is 17.4 Å². The number of alkyl carbamates (subject to hydrolysis) is 1. The van der Waals surface area contributed by atoms with Crippen LogP contribution in [0.2, 0.25) is 0 Å². The molecule has 34 heavy (non-hydrogen) atoms. The Balaban J connectivity index is 1.46. The highest BCUT2D eigenvalue weighted by Gasteiger charge is 2.38. The van der Waals surface area contributed by atoms with Gasteiger partial charge in [0.1, 0.15) is 18.7 Å². The van der Waals surface area contributed by atoms with Gasteiger partial charge in [0, 0.05) is 24.0 Å². The lowest BCUT2D eigenvalue weighted by molar-refractivity contribution is -0.150. The number of aliphatic carboxylic acids is 1. The quantitative estimate of drug-likeness (QED) is 0.620. The molecule has 7 nitrogen and oxygen atoms in total. The highest BCUT2D eigenvalue weighted by molar-refractivity contribution is 7.99. The normalized spacial score (nSPS) is 19.0. The molecule has 1 saturated heterocycles. The van der Waals surface area contributed by atoms with Gasteiger partial charge in [-0.05, 0) is 28.2 Å². The molecule has 2 aliphatic rings. The van der Waals surface area contributed by atoms with Gasteiger partial charge in [-0.25, -0.2) is 9.59 Å². The van der Waals surface area contributed by atoms with E-state index in [1.807, 2.05) is 50.2 Å². The van der Waals surface area contributed by atoms with Crippen LogP contribution in [0, 0.1) is 5.92 Å². The van der Waals surface area contributed by atoms with E-state index in [4.69, 9.17) is 4.74 Å². The van der Waals surface area contributed by atoms with E-state index in [9.17, 15) is 19.5 Å². The second-order valence-corrected chi connectivity index (χ2v) is 9.94. The third kappa shape index (κ3) is 4.78. The third-order valence-corrected chi connectivity index (χ3v) is 7.82. The molecule has 180 valence electrons. The van der Waals surface area contributed by atoms with Crippen LogP contribution >= 0.6 is 11.8 Å². The first kappa shape index (κ1) is 24.1. The fraction of sp³-hybridized carbons (Fsp3) is 0.423. The highest BCUT2D eigenvalue weighted by atomic mass is 32.2. The van der Waals surface area contributed by atoms with E-state index < -0.39 is 24.1 Å². The summed E-state index contributed by atoms with van der Waals surface area (Å²) in [6.45, 7) is 4.31. The molecular formula is C26H30N2O5S. The van der Waals surface area contributed by atoms with E-state index in [-0.39, 0.29) is 24.3 Å². The minimum atomic E-state index is -1.02. The molecule has 4 rings (SSSR count). The number of thioether (sulfide) groups is 1. The van der Waals surface area contributed by atoms with Gasteiger partial charge in [-0.2, -0.15) is 11.8 Å². The predicted octanol–water partition coefficient (Wildman–Crippen LogP) is 3.97. The van der Waals surface area contributed by atoms with Crippen molar-refractivity contribution in [2.75, 3.05) is 24.7 Å². The average molecular weight is 483 g/mol. The number of nitrogens with one attached hydrogen (secondary N) is 1. The highest BCUT2D eigenvalue weighted by Crippen LogP contribution is 2.44. The van der Waals surface area contributed by atoms with Crippen LogP contribution < -0.4 is 5.32 Å². The van der Waals surface area contributed by atoms with Crippen LogP contribution in [0.15, 0.2) is 48.5 Å². The number of fused-ring (bicyclic) bond motifs is 3. The molecule has 2 N–H and O–H groups in total. The van der Waals surface area contributed by atoms with Crippen molar-refractivity contribution >= 4 is 29.7 Å². The van der Waals surface area contributed by atoms with E-state index in [0.717, 1.165) is 22.3 Å². The van der Waals surface area contributed by atoms with Gasteiger partial charge in [0.15, 0.2) is 0 Å². The molecule has 3 atom stereocenters. The Kier molecular flexibility index (Phi) is 7.46. The van der Waals surface area contributed by atoms with Crippen LogP contribution in [0.25, 0.3) is 11.1 Å². The summed E-state index contributed by atoms with van der Waals surface area (Å²) in [5, 5.41) is 12.3. The summed E-state index contributed by atoms with van der Waals surface area (Å²) in [5.41, 5.74) is 4.51. The van der Waals surface area contributed by atoms with Crippen LogP contribution in [0.4, 0.5) is 4.79 Å². The number of carboxylic acid groups (broad SMARTS) is 1. The molecule has 2 amide bonds. The first-order valence-electron chi connectivity index (χ1n) is 11.6. The number of hydrogen-bond acceptors (Lipinski definition) is 5. The maximum atomic E-state index is 13.3. The largest absolute Gasteiger partial charge is 0.480 e. The van der Waals surface area contributed by atoms with Crippen LogP contribution in [0.1, 0.15) is 37.3 Å². The van der Waals surface area contributed by atoms with Gasteiger partial charge in [0.05, 0.1) is 0 Å². The molecule has 1 aliphatic carbocycles. The average Bonchev–Trinajstić information content (AvgIpc) is 3.18. The van der Waals surface area contributed by atoms with Gasteiger partial charge < -0.3 is 20.1 Å². The van der Waals surface area contributed by atoms with Gasteiger partial charge in [0.2, 0.25) is 5.91 Å². The Morgan fingerprint density at radius 1 is 1.12 bits per heavy atom. The van der Waals surface area contributed by atoms with E-state index in [1.165, 1.54) is 16.7 Å². The first-order chi connectivity index (χ1) is 16.4. The second kappa shape index (κ2) is 10.5. The van der Waals surface area contributed by atoms with Crippen molar-refractivity contribution < 1.29 is 24.2 Å². The van der Waals surface area contributed by atoms with Crippen molar-refractivity contribution in [2.24, 2.45) is 5.92 Å². The van der Waals surface area contributed by atoms with Crippen molar-refractivity contribution in [3.8, 4) is 11.1 Å². The number of carbonyl (C=O) groups is 3. The predicted molar refractivity (Wildman–Crippen MR) is 132 cm³/mol. The maximum Gasteiger partial charge on any atom is 0.407 e. The van der Waals surface area contributed by atoms with Crippen LogP contribution in [0.5, 0.6) is 0 Å². The Morgan fingerprint density at radius 3 is 2.32 bits per heavy atom. The van der Waals surface area contributed by atoms with Crippen molar-refractivity contribution in [3.05, 3.63) is 59.7 Å². The van der Waals surface area contributed by atoms with Crippen molar-refractivity contribution in [1.82, 2.24) is 10.2 Å². The second-order valence-electron chi connectivity index (χ2n) is 8.79. The molecule has 2 aromatic carbocycles. The van der Waals surface area contributed by atoms with Crippen LogP contribution in [-0.4, -0.2) is 64.7 Å². The molecule has 0 radical (unpaired) electrons. The number of hydrogen-bond donors (Lipinski definition) is 2. The number of benzene rings is 2. The van der Waals surface area contributed by atoms with E-state index in [0.29, 0.717) is 24.5 Å². The van der Waals surface area contributed by atoms with Gasteiger partial charge in [-0.1, -0.05) is 68.8 Å². The van der Waals surface area contributed by atoms with Crippen LogP contribution in [-0.2, 0) is 14.3 Å². The smallest absolute Gasteiger partial charge is 0.407 e. The van der Waals surface area contributed by atoms with Gasteiger partial charge >= 0.3 is 12.1 Å². The summed E-state index contributed by atoms with van der Waals surface area (Å²) in [5.74, 6) is -0.615. The van der Waals surface area contributed by atoms with Gasteiger partial charge in [-0.15, -0.1) is 0 Å². The van der Waals surface area contributed by atoms with Crippen molar-refractivity contribution in [3.63, 3.8) is 0 Å². The SMILES string of the molecule is CC[C@H](C)[C@H](NC(=O)OCC1c2ccccc2-c2ccccc21)C(=O)N1CCSCC1C(=O)O. The fourth-order valence-corrected chi connectivity index (χ4v) is 5.74. The lowest BCUT2D eigenvalue weighted by atomic mass is 9.97. The topological polar surface area (TPSA) is 95.9 Å². The lowest BCUT2D eigenvalue weighted by Gasteiger charge is -2.36. The molecule has 0 saturated carbocycles.